The second-order valence-electron chi connectivity index (χ2n) is 6.95. The van der Waals surface area contributed by atoms with Crippen molar-refractivity contribution >= 4 is 38.6 Å². The van der Waals surface area contributed by atoms with Crippen molar-refractivity contribution in [3.63, 3.8) is 0 Å². The highest BCUT2D eigenvalue weighted by Crippen LogP contribution is 2.41. The van der Waals surface area contributed by atoms with Crippen LogP contribution in [-0.2, 0) is 0 Å². The van der Waals surface area contributed by atoms with Crippen LogP contribution in [0.15, 0.2) is 80.5 Å². The molecule has 0 spiro atoms. The van der Waals surface area contributed by atoms with E-state index in [0.29, 0.717) is 22.4 Å². The van der Waals surface area contributed by atoms with Crippen LogP contribution in [0.1, 0.15) is 33.3 Å². The maximum absolute atomic E-state index is 13.5. The van der Waals surface area contributed by atoms with Gasteiger partial charge in [0.25, 0.3) is 5.91 Å². The molecule has 3 heterocycles. The van der Waals surface area contributed by atoms with Gasteiger partial charge in [0.15, 0.2) is 5.43 Å². The minimum absolute atomic E-state index is 0.0729. The number of benzene rings is 2. The van der Waals surface area contributed by atoms with Crippen molar-refractivity contribution in [3.8, 4) is 0 Å². The Bertz CT molecular complexity index is 1350. The minimum Gasteiger partial charge on any atom is -0.450 e. The van der Waals surface area contributed by atoms with E-state index in [1.807, 2.05) is 43.3 Å². The SMILES string of the molecule is Cc1cccnc1N1C(=O)c2oc3ccccc3c(=O)c2[C@H]1c1cccc(Br)c1. The van der Waals surface area contributed by atoms with Crippen LogP contribution in [0.4, 0.5) is 5.82 Å². The van der Waals surface area contributed by atoms with E-state index >= 15 is 0 Å². The highest BCUT2D eigenvalue weighted by Gasteiger charge is 2.44. The van der Waals surface area contributed by atoms with E-state index < -0.39 is 6.04 Å². The minimum atomic E-state index is -0.621. The molecule has 1 aliphatic heterocycles. The molecule has 5 rings (SSSR count). The molecule has 6 heteroatoms. The number of carbonyl (C=O) groups excluding carboxylic acids is 1. The van der Waals surface area contributed by atoms with Crippen molar-refractivity contribution in [3.05, 3.63) is 104 Å². The molecule has 0 unspecified atom stereocenters. The highest BCUT2D eigenvalue weighted by atomic mass is 79.9. The van der Waals surface area contributed by atoms with Gasteiger partial charge in [-0.3, -0.25) is 14.5 Å². The molecule has 0 saturated carbocycles. The Balaban J connectivity index is 1.86. The molecule has 2 aromatic carbocycles. The smallest absolute Gasteiger partial charge is 0.296 e. The number of rotatable bonds is 2. The van der Waals surface area contributed by atoms with Crippen LogP contribution in [0.2, 0.25) is 0 Å². The molecule has 2 aromatic heterocycles. The van der Waals surface area contributed by atoms with Gasteiger partial charge in [0.05, 0.1) is 17.0 Å². The molecule has 5 nitrogen and oxygen atoms in total. The van der Waals surface area contributed by atoms with Gasteiger partial charge in [-0.2, -0.15) is 0 Å². The van der Waals surface area contributed by atoms with Crippen LogP contribution in [0, 0.1) is 6.92 Å². The summed E-state index contributed by atoms with van der Waals surface area (Å²) in [5, 5.41) is 0.457. The van der Waals surface area contributed by atoms with Gasteiger partial charge in [0.2, 0.25) is 5.76 Å². The molecular formula is C23H15BrN2O3. The van der Waals surface area contributed by atoms with E-state index in [0.717, 1.165) is 15.6 Å². The van der Waals surface area contributed by atoms with E-state index in [2.05, 4.69) is 20.9 Å². The molecule has 4 aromatic rings. The molecular weight excluding hydrogens is 432 g/mol. The summed E-state index contributed by atoms with van der Waals surface area (Å²) < 4.78 is 6.80. The van der Waals surface area contributed by atoms with E-state index in [1.165, 1.54) is 0 Å². The Hall–Kier alpha value is -3.25. The number of aryl methyl sites for hydroxylation is 1. The number of para-hydroxylation sites is 1. The summed E-state index contributed by atoms with van der Waals surface area (Å²) in [5.74, 6) is 0.218. The number of carbonyl (C=O) groups is 1. The van der Waals surface area contributed by atoms with Crippen molar-refractivity contribution in [1.82, 2.24) is 4.98 Å². The average Bonchev–Trinajstić information content (AvgIpc) is 3.01. The maximum atomic E-state index is 13.5. The topological polar surface area (TPSA) is 63.4 Å². The maximum Gasteiger partial charge on any atom is 0.296 e. The lowest BCUT2D eigenvalue weighted by molar-refractivity contribution is 0.0970. The van der Waals surface area contributed by atoms with Crippen LogP contribution in [0.3, 0.4) is 0 Å². The first-order valence-corrected chi connectivity index (χ1v) is 9.92. The van der Waals surface area contributed by atoms with Crippen molar-refractivity contribution < 1.29 is 9.21 Å². The van der Waals surface area contributed by atoms with E-state index in [1.54, 1.807) is 35.4 Å². The molecule has 0 aliphatic carbocycles. The third-order valence-corrected chi connectivity index (χ3v) is 5.65. The second kappa shape index (κ2) is 6.67. The molecule has 29 heavy (non-hydrogen) atoms. The Kier molecular flexibility index (Phi) is 4.10. The number of aromatic nitrogens is 1. The second-order valence-corrected chi connectivity index (χ2v) is 7.86. The summed E-state index contributed by atoms with van der Waals surface area (Å²) in [5.41, 5.74) is 2.19. The number of amides is 1. The van der Waals surface area contributed by atoms with Gasteiger partial charge < -0.3 is 4.42 Å². The summed E-state index contributed by atoms with van der Waals surface area (Å²) in [6.07, 6.45) is 1.64. The summed E-state index contributed by atoms with van der Waals surface area (Å²) in [7, 11) is 0. The monoisotopic (exact) mass is 446 g/mol. The first-order chi connectivity index (χ1) is 14.1. The van der Waals surface area contributed by atoms with Gasteiger partial charge in [-0.05, 0) is 48.4 Å². The van der Waals surface area contributed by atoms with Crippen LogP contribution in [0.25, 0.3) is 11.0 Å². The summed E-state index contributed by atoms with van der Waals surface area (Å²) in [4.78, 5) is 32.9. The van der Waals surface area contributed by atoms with Gasteiger partial charge >= 0.3 is 0 Å². The number of pyridine rings is 1. The molecule has 142 valence electrons. The van der Waals surface area contributed by atoms with Gasteiger partial charge in [-0.15, -0.1) is 0 Å². The van der Waals surface area contributed by atoms with Crippen LogP contribution in [0.5, 0.6) is 0 Å². The quantitative estimate of drug-likeness (QED) is 0.434. The molecule has 1 atom stereocenters. The lowest BCUT2D eigenvalue weighted by Crippen LogP contribution is -2.30. The summed E-state index contributed by atoms with van der Waals surface area (Å²) in [6.45, 7) is 1.89. The predicted molar refractivity (Wildman–Crippen MR) is 114 cm³/mol. The molecule has 0 saturated heterocycles. The number of hydrogen-bond acceptors (Lipinski definition) is 4. The zero-order valence-electron chi connectivity index (χ0n) is 15.4. The Morgan fingerprint density at radius 2 is 1.86 bits per heavy atom. The van der Waals surface area contributed by atoms with Crippen LogP contribution in [-0.4, -0.2) is 10.9 Å². The third kappa shape index (κ3) is 2.71. The normalized spacial score (nSPS) is 15.7. The van der Waals surface area contributed by atoms with E-state index in [-0.39, 0.29) is 17.1 Å². The summed E-state index contributed by atoms with van der Waals surface area (Å²) in [6, 6.07) is 17.7. The first-order valence-electron chi connectivity index (χ1n) is 9.12. The van der Waals surface area contributed by atoms with Crippen molar-refractivity contribution in [1.29, 1.82) is 0 Å². The predicted octanol–water partition coefficient (Wildman–Crippen LogP) is 5.01. The summed E-state index contributed by atoms with van der Waals surface area (Å²) >= 11 is 3.49. The zero-order chi connectivity index (χ0) is 20.1. The number of halogens is 1. The average molecular weight is 447 g/mol. The van der Waals surface area contributed by atoms with Crippen molar-refractivity contribution in [2.75, 3.05) is 4.90 Å². The highest BCUT2D eigenvalue weighted by molar-refractivity contribution is 9.10. The van der Waals surface area contributed by atoms with Crippen molar-refractivity contribution in [2.24, 2.45) is 0 Å². The number of nitrogens with zero attached hydrogens (tertiary/aromatic N) is 2. The number of hydrogen-bond donors (Lipinski definition) is 0. The molecule has 1 aliphatic rings. The fourth-order valence-corrected chi connectivity index (χ4v) is 4.28. The van der Waals surface area contributed by atoms with Gasteiger partial charge in [-0.25, -0.2) is 4.98 Å². The first kappa shape index (κ1) is 17.8. The lowest BCUT2D eigenvalue weighted by Gasteiger charge is -2.25. The van der Waals surface area contributed by atoms with Gasteiger partial charge in [0.1, 0.15) is 11.4 Å². The van der Waals surface area contributed by atoms with E-state index in [4.69, 9.17) is 4.42 Å². The Labute approximate surface area is 174 Å². The molecule has 1 amide bonds. The van der Waals surface area contributed by atoms with Crippen LogP contribution >= 0.6 is 15.9 Å². The molecule has 0 bridgehead atoms. The standard InChI is InChI=1S/C23H15BrN2O3/c1-13-6-5-11-25-22(13)26-19(14-7-4-8-15(24)12-14)18-20(27)16-9-2-3-10-17(16)29-21(18)23(26)28/h2-12,19H,1H3/t19-/m1/s1. The van der Waals surface area contributed by atoms with Gasteiger partial charge in [-0.1, -0.05) is 46.3 Å². The van der Waals surface area contributed by atoms with Crippen molar-refractivity contribution in [2.45, 2.75) is 13.0 Å². The molecule has 0 fully saturated rings. The third-order valence-electron chi connectivity index (χ3n) is 5.15. The molecule has 0 radical (unpaired) electrons. The number of anilines is 1. The molecule has 0 N–H and O–H groups in total. The van der Waals surface area contributed by atoms with Gasteiger partial charge in [0, 0.05) is 10.7 Å². The Morgan fingerprint density at radius 3 is 2.66 bits per heavy atom. The fraction of sp³-hybridized carbons (Fsp3) is 0.0870. The van der Waals surface area contributed by atoms with Crippen LogP contribution < -0.4 is 10.3 Å². The fourth-order valence-electron chi connectivity index (χ4n) is 3.86. The largest absolute Gasteiger partial charge is 0.450 e. The zero-order valence-corrected chi connectivity index (χ0v) is 17.0. The lowest BCUT2D eigenvalue weighted by atomic mass is 9.98. The van der Waals surface area contributed by atoms with E-state index in [9.17, 15) is 9.59 Å². The Morgan fingerprint density at radius 1 is 1.03 bits per heavy atom. The number of fused-ring (bicyclic) bond motifs is 2.